The number of nitrogens with zero attached hydrogens (tertiary/aromatic N) is 1. The van der Waals surface area contributed by atoms with Crippen LogP contribution in [0.25, 0.3) is 0 Å². The maximum Gasteiger partial charge on any atom is 0.284 e. The van der Waals surface area contributed by atoms with Gasteiger partial charge in [0.2, 0.25) is 0 Å². The highest BCUT2D eigenvalue weighted by Gasteiger charge is 2.19. The lowest BCUT2D eigenvalue weighted by atomic mass is 10.2. The molecule has 0 spiro atoms. The second kappa shape index (κ2) is 4.83. The van der Waals surface area contributed by atoms with Crippen molar-refractivity contribution in [3.05, 3.63) is 21.0 Å². The average Bonchev–Trinajstić information content (AvgIpc) is 2.17. The molecule has 1 heterocycles. The van der Waals surface area contributed by atoms with Crippen molar-refractivity contribution < 1.29 is 18.6 Å². The largest absolute Gasteiger partial charge is 0.493 e. The third-order valence-electron chi connectivity index (χ3n) is 1.65. The van der Waals surface area contributed by atoms with Gasteiger partial charge in [-0.15, -0.1) is 0 Å². The van der Waals surface area contributed by atoms with Crippen LogP contribution in [0, 0.1) is 3.57 Å². The summed E-state index contributed by atoms with van der Waals surface area (Å²) in [6, 6.07) is 0. The normalized spacial score (nSPS) is 10.7. The Balaban J connectivity index is 3.28. The van der Waals surface area contributed by atoms with Crippen molar-refractivity contribution in [2.45, 2.75) is 13.0 Å². The van der Waals surface area contributed by atoms with Gasteiger partial charge in [0, 0.05) is 11.8 Å². The van der Waals surface area contributed by atoms with Crippen molar-refractivity contribution in [2.75, 3.05) is 7.11 Å². The SMILES string of the molecule is COc1c(C(F)F)ncc(CO)c1I. The minimum atomic E-state index is -2.67. The second-order valence-corrected chi connectivity index (χ2v) is 3.55. The Bertz CT molecular complexity index is 333. The summed E-state index contributed by atoms with van der Waals surface area (Å²) in [6.07, 6.45) is -1.45. The van der Waals surface area contributed by atoms with E-state index in [2.05, 4.69) is 4.98 Å². The van der Waals surface area contributed by atoms with E-state index in [1.807, 2.05) is 22.6 Å². The Labute approximate surface area is 93.2 Å². The summed E-state index contributed by atoms with van der Waals surface area (Å²) in [5.41, 5.74) is 0.0842. The third kappa shape index (κ3) is 2.11. The maximum atomic E-state index is 12.4. The van der Waals surface area contributed by atoms with E-state index in [-0.39, 0.29) is 12.4 Å². The Morgan fingerprint density at radius 3 is 2.71 bits per heavy atom. The van der Waals surface area contributed by atoms with E-state index >= 15 is 0 Å². The van der Waals surface area contributed by atoms with E-state index < -0.39 is 12.1 Å². The summed E-state index contributed by atoms with van der Waals surface area (Å²) in [6.45, 7) is -0.245. The number of aliphatic hydroxyl groups excluding tert-OH is 1. The molecular weight excluding hydrogens is 307 g/mol. The van der Waals surface area contributed by atoms with E-state index in [1.165, 1.54) is 13.3 Å². The number of alkyl halides is 2. The summed E-state index contributed by atoms with van der Waals surface area (Å²) in [5, 5.41) is 8.88. The zero-order valence-corrected chi connectivity index (χ0v) is 9.46. The topological polar surface area (TPSA) is 42.4 Å². The van der Waals surface area contributed by atoms with Crippen molar-refractivity contribution in [1.82, 2.24) is 4.98 Å². The number of aromatic nitrogens is 1. The van der Waals surface area contributed by atoms with Crippen molar-refractivity contribution in [1.29, 1.82) is 0 Å². The maximum absolute atomic E-state index is 12.4. The van der Waals surface area contributed by atoms with Crippen molar-refractivity contribution in [3.63, 3.8) is 0 Å². The zero-order chi connectivity index (χ0) is 10.7. The molecule has 1 N–H and O–H groups in total. The van der Waals surface area contributed by atoms with Crippen LogP contribution in [0.3, 0.4) is 0 Å². The molecule has 0 aliphatic heterocycles. The van der Waals surface area contributed by atoms with Gasteiger partial charge in [-0.1, -0.05) is 0 Å². The molecule has 0 bridgehead atoms. The van der Waals surface area contributed by atoms with Crippen LogP contribution in [0.5, 0.6) is 5.75 Å². The minimum absolute atomic E-state index is 0.0344. The molecule has 0 aliphatic rings. The molecule has 0 radical (unpaired) electrons. The molecule has 6 heteroatoms. The fourth-order valence-corrected chi connectivity index (χ4v) is 1.79. The molecule has 1 aromatic heterocycles. The van der Waals surface area contributed by atoms with Gasteiger partial charge in [-0.2, -0.15) is 0 Å². The average molecular weight is 315 g/mol. The molecule has 0 amide bonds. The highest BCUT2D eigenvalue weighted by molar-refractivity contribution is 14.1. The number of halogens is 3. The first kappa shape index (κ1) is 11.6. The molecule has 0 fully saturated rings. The lowest BCUT2D eigenvalue weighted by Gasteiger charge is -2.11. The first-order valence-corrected chi connectivity index (χ1v) is 4.80. The quantitative estimate of drug-likeness (QED) is 0.869. The van der Waals surface area contributed by atoms with Gasteiger partial charge in [0.05, 0.1) is 17.3 Å². The molecule has 1 rings (SSSR count). The number of hydrogen-bond acceptors (Lipinski definition) is 3. The van der Waals surface area contributed by atoms with Crippen LogP contribution in [0.4, 0.5) is 8.78 Å². The first-order chi connectivity index (χ1) is 6.61. The number of pyridine rings is 1. The standard InChI is InChI=1S/C8H8F2INO2/c1-14-7-5(11)4(3-13)2-12-6(7)8(9)10/h2,8,13H,3H2,1H3. The highest BCUT2D eigenvalue weighted by Crippen LogP contribution is 2.32. The fourth-order valence-electron chi connectivity index (χ4n) is 0.981. The lowest BCUT2D eigenvalue weighted by Crippen LogP contribution is -2.02. The van der Waals surface area contributed by atoms with Gasteiger partial charge in [-0.05, 0) is 22.6 Å². The van der Waals surface area contributed by atoms with Crippen molar-refractivity contribution >= 4 is 22.6 Å². The molecule has 14 heavy (non-hydrogen) atoms. The van der Waals surface area contributed by atoms with Crippen molar-refractivity contribution in [2.24, 2.45) is 0 Å². The predicted molar refractivity (Wildman–Crippen MR) is 54.4 cm³/mol. The molecule has 78 valence electrons. The number of methoxy groups -OCH3 is 1. The molecule has 0 aliphatic carbocycles. The second-order valence-electron chi connectivity index (χ2n) is 2.47. The summed E-state index contributed by atoms with van der Waals surface area (Å²) < 4.78 is 30.1. The molecule has 0 atom stereocenters. The van der Waals surface area contributed by atoms with Crippen LogP contribution in [0.15, 0.2) is 6.20 Å². The molecule has 3 nitrogen and oxygen atoms in total. The van der Waals surface area contributed by atoms with Gasteiger partial charge >= 0.3 is 0 Å². The fraction of sp³-hybridized carbons (Fsp3) is 0.375. The number of aliphatic hydroxyl groups is 1. The molecule has 0 saturated carbocycles. The number of ether oxygens (including phenoxy) is 1. The molecule has 0 saturated heterocycles. The smallest absolute Gasteiger partial charge is 0.284 e. The lowest BCUT2D eigenvalue weighted by molar-refractivity contribution is 0.141. The van der Waals surface area contributed by atoms with Crippen molar-refractivity contribution in [3.8, 4) is 5.75 Å². The van der Waals surface area contributed by atoms with Crippen LogP contribution in [0.1, 0.15) is 17.7 Å². The van der Waals surface area contributed by atoms with Crippen LogP contribution in [-0.4, -0.2) is 17.2 Å². The van der Waals surface area contributed by atoms with Gasteiger partial charge in [0.15, 0.2) is 5.75 Å². The van der Waals surface area contributed by atoms with Crippen LogP contribution in [-0.2, 0) is 6.61 Å². The van der Waals surface area contributed by atoms with Crippen LogP contribution < -0.4 is 4.74 Å². The summed E-state index contributed by atoms with van der Waals surface area (Å²) in [4.78, 5) is 3.54. The van der Waals surface area contributed by atoms with E-state index in [0.717, 1.165) is 0 Å². The van der Waals surface area contributed by atoms with E-state index in [4.69, 9.17) is 9.84 Å². The highest BCUT2D eigenvalue weighted by atomic mass is 127. The Morgan fingerprint density at radius 2 is 2.29 bits per heavy atom. The predicted octanol–water partition coefficient (Wildman–Crippen LogP) is 2.12. The third-order valence-corrected chi connectivity index (χ3v) is 2.84. The minimum Gasteiger partial charge on any atom is -0.493 e. The number of rotatable bonds is 3. The summed E-state index contributed by atoms with van der Waals surface area (Å²) in [5.74, 6) is 0.0344. The van der Waals surface area contributed by atoms with E-state index in [0.29, 0.717) is 9.13 Å². The number of hydrogen-bond donors (Lipinski definition) is 1. The van der Waals surface area contributed by atoms with Gasteiger partial charge in [-0.25, -0.2) is 8.78 Å². The zero-order valence-electron chi connectivity index (χ0n) is 7.30. The summed E-state index contributed by atoms with van der Waals surface area (Å²) in [7, 11) is 1.30. The Hall–Kier alpha value is -0.500. The van der Waals surface area contributed by atoms with Gasteiger partial charge < -0.3 is 9.84 Å². The molecule has 0 unspecified atom stereocenters. The van der Waals surface area contributed by atoms with E-state index in [9.17, 15) is 8.78 Å². The Kier molecular flexibility index (Phi) is 3.99. The van der Waals surface area contributed by atoms with Crippen LogP contribution in [0.2, 0.25) is 0 Å². The van der Waals surface area contributed by atoms with Gasteiger partial charge in [0.1, 0.15) is 5.69 Å². The summed E-state index contributed by atoms with van der Waals surface area (Å²) >= 11 is 1.84. The molecule has 1 aromatic rings. The Morgan fingerprint density at radius 1 is 1.64 bits per heavy atom. The first-order valence-electron chi connectivity index (χ1n) is 3.72. The van der Waals surface area contributed by atoms with Crippen LogP contribution >= 0.6 is 22.6 Å². The molecular formula is C8H8F2INO2. The monoisotopic (exact) mass is 315 g/mol. The molecule has 0 aromatic carbocycles. The van der Waals surface area contributed by atoms with Gasteiger partial charge in [0.25, 0.3) is 6.43 Å². The van der Waals surface area contributed by atoms with Gasteiger partial charge in [-0.3, -0.25) is 4.98 Å². The van der Waals surface area contributed by atoms with E-state index in [1.54, 1.807) is 0 Å².